The minimum absolute atomic E-state index is 0.0167. The molecule has 0 atom stereocenters. The largest absolute Gasteiger partial charge is 0.350 e. The summed E-state index contributed by atoms with van der Waals surface area (Å²) in [6, 6.07) is 1.89. The predicted octanol–water partition coefficient (Wildman–Crippen LogP) is 2.03. The van der Waals surface area contributed by atoms with Gasteiger partial charge in [-0.25, -0.2) is 4.98 Å². The van der Waals surface area contributed by atoms with Gasteiger partial charge in [-0.05, 0) is 6.07 Å². The van der Waals surface area contributed by atoms with Crippen molar-refractivity contribution in [3.8, 4) is 0 Å². The Kier molecular flexibility index (Phi) is 4.23. The Hall–Kier alpha value is -1.69. The van der Waals surface area contributed by atoms with Crippen LogP contribution in [0.5, 0.6) is 0 Å². The molecule has 0 aliphatic carbocycles. The molecule has 0 fully saturated rings. The van der Waals surface area contributed by atoms with Crippen LogP contribution in [0.4, 0.5) is 0 Å². The summed E-state index contributed by atoms with van der Waals surface area (Å²) in [6.07, 6.45) is 2.04. The van der Waals surface area contributed by atoms with E-state index in [9.17, 15) is 4.79 Å². The van der Waals surface area contributed by atoms with Gasteiger partial charge in [-0.3, -0.25) is 9.48 Å². The van der Waals surface area contributed by atoms with Gasteiger partial charge < -0.3 is 5.32 Å². The third kappa shape index (κ3) is 3.66. The number of aryl methyl sites for hydroxylation is 1. The molecule has 2 aromatic rings. The van der Waals surface area contributed by atoms with Crippen LogP contribution >= 0.6 is 11.3 Å². The first-order valence-electron chi connectivity index (χ1n) is 6.55. The Morgan fingerprint density at radius 1 is 1.45 bits per heavy atom. The molecule has 1 amide bonds. The van der Waals surface area contributed by atoms with Gasteiger partial charge in [0.15, 0.2) is 0 Å². The first kappa shape index (κ1) is 14.7. The first-order valence-corrected chi connectivity index (χ1v) is 7.42. The van der Waals surface area contributed by atoms with E-state index >= 15 is 0 Å². The van der Waals surface area contributed by atoms with Gasteiger partial charge in [-0.2, -0.15) is 5.10 Å². The number of rotatable bonds is 4. The molecule has 5 nitrogen and oxygen atoms in total. The number of nitrogens with one attached hydrogen (secondary N) is 1. The molecule has 0 aromatic carbocycles. The van der Waals surface area contributed by atoms with E-state index in [1.807, 2.05) is 18.5 Å². The molecule has 0 saturated carbocycles. The molecule has 6 heteroatoms. The van der Waals surface area contributed by atoms with Crippen LogP contribution < -0.4 is 5.32 Å². The zero-order valence-electron chi connectivity index (χ0n) is 12.3. The number of hydrogen-bond donors (Lipinski definition) is 1. The van der Waals surface area contributed by atoms with Crippen LogP contribution in [0.3, 0.4) is 0 Å². The Balaban J connectivity index is 1.89. The molecule has 1 N–H and O–H groups in total. The Bertz CT molecular complexity index is 594. The van der Waals surface area contributed by atoms with Crippen molar-refractivity contribution in [1.29, 1.82) is 0 Å². The SMILES string of the molecule is Cn1nccc1CNC(=O)Cc1csc(C(C)(C)C)n1. The maximum Gasteiger partial charge on any atom is 0.226 e. The number of carbonyl (C=O) groups is 1. The van der Waals surface area contributed by atoms with Crippen LogP contribution in [0.2, 0.25) is 0 Å². The Morgan fingerprint density at radius 3 is 2.75 bits per heavy atom. The van der Waals surface area contributed by atoms with E-state index in [2.05, 4.69) is 36.2 Å². The van der Waals surface area contributed by atoms with E-state index in [0.717, 1.165) is 16.4 Å². The van der Waals surface area contributed by atoms with E-state index in [-0.39, 0.29) is 11.3 Å². The van der Waals surface area contributed by atoms with Gasteiger partial charge in [0.25, 0.3) is 0 Å². The second kappa shape index (κ2) is 5.75. The molecule has 0 radical (unpaired) electrons. The lowest BCUT2D eigenvalue weighted by Crippen LogP contribution is -2.25. The quantitative estimate of drug-likeness (QED) is 0.938. The summed E-state index contributed by atoms with van der Waals surface area (Å²) in [4.78, 5) is 16.4. The van der Waals surface area contributed by atoms with Gasteiger partial charge >= 0.3 is 0 Å². The maximum atomic E-state index is 11.9. The minimum Gasteiger partial charge on any atom is -0.350 e. The fourth-order valence-electron chi connectivity index (χ4n) is 1.72. The molecule has 108 valence electrons. The van der Waals surface area contributed by atoms with Crippen molar-refractivity contribution in [3.05, 3.63) is 34.0 Å². The molecule has 0 aliphatic heterocycles. The number of amides is 1. The van der Waals surface area contributed by atoms with Crippen LogP contribution in [0, 0.1) is 0 Å². The van der Waals surface area contributed by atoms with Crippen LogP contribution in [0.1, 0.15) is 37.2 Å². The Labute approximate surface area is 123 Å². The van der Waals surface area contributed by atoms with Gasteiger partial charge in [0.1, 0.15) is 0 Å². The molecule has 2 heterocycles. The minimum atomic E-state index is -0.0167. The maximum absolute atomic E-state index is 11.9. The van der Waals surface area contributed by atoms with E-state index in [1.165, 1.54) is 0 Å². The number of carbonyl (C=O) groups excluding carboxylic acids is 1. The van der Waals surface area contributed by atoms with Gasteiger partial charge in [-0.15, -0.1) is 11.3 Å². The zero-order chi connectivity index (χ0) is 14.8. The molecule has 0 saturated heterocycles. The summed E-state index contributed by atoms with van der Waals surface area (Å²) < 4.78 is 1.75. The predicted molar refractivity (Wildman–Crippen MR) is 79.6 cm³/mol. The molecule has 2 rings (SSSR count). The lowest BCUT2D eigenvalue weighted by atomic mass is 9.98. The van der Waals surface area contributed by atoms with Crippen molar-refractivity contribution in [2.75, 3.05) is 0 Å². The van der Waals surface area contributed by atoms with Crippen LogP contribution in [0.25, 0.3) is 0 Å². The zero-order valence-corrected chi connectivity index (χ0v) is 13.1. The third-order valence-corrected chi connectivity index (χ3v) is 4.24. The highest BCUT2D eigenvalue weighted by Crippen LogP contribution is 2.25. The standard InChI is InChI=1S/C14H20N4OS/c1-14(2,3)13-17-10(9-20-13)7-12(19)15-8-11-5-6-16-18(11)4/h5-6,9H,7-8H2,1-4H3,(H,15,19). The number of nitrogens with zero attached hydrogens (tertiary/aromatic N) is 3. The lowest BCUT2D eigenvalue weighted by molar-refractivity contribution is -0.120. The van der Waals surface area contributed by atoms with Gasteiger partial charge in [-0.1, -0.05) is 20.8 Å². The molecule has 0 spiro atoms. The van der Waals surface area contributed by atoms with E-state index in [1.54, 1.807) is 22.2 Å². The molecule has 0 aliphatic rings. The Morgan fingerprint density at radius 2 is 2.20 bits per heavy atom. The average molecular weight is 292 g/mol. The highest BCUT2D eigenvalue weighted by atomic mass is 32.1. The summed E-state index contributed by atoms with van der Waals surface area (Å²) >= 11 is 1.61. The summed E-state index contributed by atoms with van der Waals surface area (Å²) in [5.41, 5.74) is 1.85. The fraction of sp³-hybridized carbons (Fsp3) is 0.500. The second-order valence-electron chi connectivity index (χ2n) is 5.79. The van der Waals surface area contributed by atoms with Gasteiger partial charge in [0.05, 0.1) is 29.4 Å². The number of aromatic nitrogens is 3. The highest BCUT2D eigenvalue weighted by molar-refractivity contribution is 7.09. The van der Waals surface area contributed by atoms with Crippen molar-refractivity contribution in [2.24, 2.45) is 7.05 Å². The monoisotopic (exact) mass is 292 g/mol. The molecule has 2 aromatic heterocycles. The molecular weight excluding hydrogens is 272 g/mol. The van der Waals surface area contributed by atoms with E-state index in [0.29, 0.717) is 13.0 Å². The second-order valence-corrected chi connectivity index (χ2v) is 6.65. The number of thiazole rings is 1. The summed E-state index contributed by atoms with van der Waals surface area (Å²) in [7, 11) is 1.86. The topological polar surface area (TPSA) is 59.8 Å². The van der Waals surface area contributed by atoms with Crippen molar-refractivity contribution in [3.63, 3.8) is 0 Å². The van der Waals surface area contributed by atoms with Crippen LogP contribution in [-0.4, -0.2) is 20.7 Å². The van der Waals surface area contributed by atoms with E-state index in [4.69, 9.17) is 0 Å². The van der Waals surface area contributed by atoms with Crippen LogP contribution in [-0.2, 0) is 30.2 Å². The van der Waals surface area contributed by atoms with E-state index < -0.39 is 0 Å². The van der Waals surface area contributed by atoms with Crippen molar-refractivity contribution in [2.45, 2.75) is 39.2 Å². The summed E-state index contributed by atoms with van der Waals surface area (Å²) in [6.45, 7) is 6.86. The summed E-state index contributed by atoms with van der Waals surface area (Å²) in [5, 5.41) is 9.98. The smallest absolute Gasteiger partial charge is 0.226 e. The van der Waals surface area contributed by atoms with Crippen molar-refractivity contribution in [1.82, 2.24) is 20.1 Å². The van der Waals surface area contributed by atoms with Crippen molar-refractivity contribution >= 4 is 17.2 Å². The van der Waals surface area contributed by atoms with Crippen LogP contribution in [0.15, 0.2) is 17.6 Å². The van der Waals surface area contributed by atoms with Crippen molar-refractivity contribution < 1.29 is 4.79 Å². The fourth-order valence-corrected chi connectivity index (χ4v) is 2.63. The molecule has 20 heavy (non-hydrogen) atoms. The normalized spacial score (nSPS) is 11.6. The first-order chi connectivity index (χ1) is 9.36. The molecule has 0 bridgehead atoms. The highest BCUT2D eigenvalue weighted by Gasteiger charge is 2.18. The lowest BCUT2D eigenvalue weighted by Gasteiger charge is -2.13. The number of hydrogen-bond acceptors (Lipinski definition) is 4. The van der Waals surface area contributed by atoms with Gasteiger partial charge in [0, 0.05) is 24.0 Å². The van der Waals surface area contributed by atoms with Gasteiger partial charge in [0.2, 0.25) is 5.91 Å². The summed E-state index contributed by atoms with van der Waals surface area (Å²) in [5.74, 6) is -0.0167. The third-order valence-electron chi connectivity index (χ3n) is 2.92. The molecule has 0 unspecified atom stereocenters. The average Bonchev–Trinajstić information content (AvgIpc) is 2.95. The molecular formula is C14H20N4OS.